The minimum absolute atomic E-state index is 0.663. The van der Waals surface area contributed by atoms with Crippen LogP contribution in [0.3, 0.4) is 0 Å². The van der Waals surface area contributed by atoms with E-state index in [0.29, 0.717) is 5.70 Å². The molecular weight excluding hydrogens is 158 g/mol. The van der Waals surface area contributed by atoms with Crippen LogP contribution in [0.15, 0.2) is 66.4 Å². The van der Waals surface area contributed by atoms with Gasteiger partial charge in [0.15, 0.2) is 0 Å². The second-order valence-corrected chi connectivity index (χ2v) is 2.47. The fourth-order valence-corrected chi connectivity index (χ4v) is 0.611. The molecule has 1 nitrogen and oxygen atoms in total. The Hall–Kier alpha value is -1.63. The normalized spacial score (nSPS) is 10.5. The summed E-state index contributed by atoms with van der Waals surface area (Å²) in [6.45, 7) is 16.7. The molecular formula is C12H15N. The molecule has 0 radical (unpaired) electrons. The average Bonchev–Trinajstić information content (AvgIpc) is 2.13. The number of aliphatic imine (C=N–C) groups is 1. The van der Waals surface area contributed by atoms with Crippen molar-refractivity contribution in [3.63, 3.8) is 0 Å². The van der Waals surface area contributed by atoms with Crippen LogP contribution in [-0.2, 0) is 0 Å². The fourth-order valence-electron chi connectivity index (χ4n) is 0.611. The van der Waals surface area contributed by atoms with Crippen LogP contribution in [0.2, 0.25) is 0 Å². The summed E-state index contributed by atoms with van der Waals surface area (Å²) < 4.78 is 0. The summed E-state index contributed by atoms with van der Waals surface area (Å²) in [7, 11) is 0. The Kier molecular flexibility index (Phi) is 5.20. The van der Waals surface area contributed by atoms with E-state index in [1.807, 2.05) is 19.1 Å². The maximum Gasteiger partial charge on any atom is 0.0620 e. The predicted molar refractivity (Wildman–Crippen MR) is 60.9 cm³/mol. The van der Waals surface area contributed by atoms with E-state index in [-0.39, 0.29) is 0 Å². The van der Waals surface area contributed by atoms with Gasteiger partial charge in [-0.3, -0.25) is 4.99 Å². The Morgan fingerprint density at radius 1 is 1.15 bits per heavy atom. The Morgan fingerprint density at radius 3 is 2.23 bits per heavy atom. The highest BCUT2D eigenvalue weighted by Gasteiger charge is 1.90. The molecule has 0 saturated carbocycles. The molecule has 0 atom stereocenters. The molecule has 0 aromatic heterocycles. The summed E-state index contributed by atoms with van der Waals surface area (Å²) in [5.74, 6) is 0. The first-order valence-electron chi connectivity index (χ1n) is 3.98. The SMILES string of the molecule is C=CC(=C)/C=C\C(=C)C(=C)/N=C\C. The van der Waals surface area contributed by atoms with E-state index in [1.165, 1.54) is 0 Å². The lowest BCUT2D eigenvalue weighted by Crippen LogP contribution is -1.79. The van der Waals surface area contributed by atoms with Gasteiger partial charge in [-0.05, 0) is 18.1 Å². The second-order valence-electron chi connectivity index (χ2n) is 2.47. The first-order valence-corrected chi connectivity index (χ1v) is 3.98. The van der Waals surface area contributed by atoms with E-state index >= 15 is 0 Å². The van der Waals surface area contributed by atoms with Gasteiger partial charge in [-0.2, -0.15) is 0 Å². The zero-order valence-corrected chi connectivity index (χ0v) is 8.09. The fraction of sp³-hybridized carbons (Fsp3) is 0.0833. The molecule has 13 heavy (non-hydrogen) atoms. The monoisotopic (exact) mass is 173 g/mol. The van der Waals surface area contributed by atoms with Crippen molar-refractivity contribution in [2.45, 2.75) is 6.92 Å². The van der Waals surface area contributed by atoms with Crippen molar-refractivity contribution >= 4 is 6.21 Å². The van der Waals surface area contributed by atoms with Gasteiger partial charge in [0.05, 0.1) is 5.70 Å². The van der Waals surface area contributed by atoms with Crippen LogP contribution in [0.25, 0.3) is 0 Å². The lowest BCUT2D eigenvalue weighted by molar-refractivity contribution is 1.38. The first-order chi connectivity index (χ1) is 6.11. The van der Waals surface area contributed by atoms with Gasteiger partial charge < -0.3 is 0 Å². The maximum absolute atomic E-state index is 4.00. The molecule has 0 aliphatic heterocycles. The van der Waals surface area contributed by atoms with Crippen LogP contribution >= 0.6 is 0 Å². The molecule has 0 aliphatic rings. The number of rotatable bonds is 5. The van der Waals surface area contributed by atoms with Crippen molar-refractivity contribution in [2.75, 3.05) is 0 Å². The molecule has 0 fully saturated rings. The highest BCUT2D eigenvalue weighted by Crippen LogP contribution is 2.08. The molecule has 0 aromatic rings. The van der Waals surface area contributed by atoms with E-state index in [9.17, 15) is 0 Å². The zero-order valence-electron chi connectivity index (χ0n) is 8.09. The van der Waals surface area contributed by atoms with Gasteiger partial charge in [-0.15, -0.1) is 0 Å². The lowest BCUT2D eigenvalue weighted by Gasteiger charge is -1.96. The molecule has 0 bridgehead atoms. The smallest absolute Gasteiger partial charge is 0.0620 e. The van der Waals surface area contributed by atoms with Crippen molar-refractivity contribution in [1.29, 1.82) is 0 Å². The van der Waals surface area contributed by atoms with Gasteiger partial charge in [0.25, 0.3) is 0 Å². The van der Waals surface area contributed by atoms with E-state index in [4.69, 9.17) is 0 Å². The summed E-state index contributed by atoms with van der Waals surface area (Å²) in [6, 6.07) is 0. The molecule has 1 heteroatoms. The van der Waals surface area contributed by atoms with Crippen molar-refractivity contribution in [3.05, 3.63) is 61.4 Å². The number of hydrogen-bond donors (Lipinski definition) is 0. The predicted octanol–water partition coefficient (Wildman–Crippen LogP) is 3.45. The van der Waals surface area contributed by atoms with Gasteiger partial charge in [-0.1, -0.05) is 44.5 Å². The summed E-state index contributed by atoms with van der Waals surface area (Å²) >= 11 is 0. The van der Waals surface area contributed by atoms with Gasteiger partial charge >= 0.3 is 0 Å². The van der Waals surface area contributed by atoms with Gasteiger partial charge in [0.2, 0.25) is 0 Å². The van der Waals surface area contributed by atoms with E-state index in [1.54, 1.807) is 12.3 Å². The Balaban J connectivity index is 4.31. The number of nitrogens with zero attached hydrogens (tertiary/aromatic N) is 1. The second kappa shape index (κ2) is 5.95. The zero-order chi connectivity index (χ0) is 10.3. The van der Waals surface area contributed by atoms with E-state index in [0.717, 1.165) is 11.1 Å². The first kappa shape index (κ1) is 11.4. The van der Waals surface area contributed by atoms with Crippen molar-refractivity contribution in [2.24, 2.45) is 4.99 Å². The number of hydrogen-bond acceptors (Lipinski definition) is 1. The largest absolute Gasteiger partial charge is 0.262 e. The highest BCUT2D eigenvalue weighted by molar-refractivity contribution is 5.57. The Bertz CT molecular complexity index is 290. The van der Waals surface area contributed by atoms with E-state index in [2.05, 4.69) is 31.3 Å². The van der Waals surface area contributed by atoms with Crippen LogP contribution < -0.4 is 0 Å². The van der Waals surface area contributed by atoms with Crippen molar-refractivity contribution < 1.29 is 0 Å². The third-order valence-electron chi connectivity index (χ3n) is 1.42. The molecule has 0 heterocycles. The molecule has 0 amide bonds. The average molecular weight is 173 g/mol. The highest BCUT2D eigenvalue weighted by atomic mass is 14.7. The third kappa shape index (κ3) is 4.75. The molecule has 0 N–H and O–H groups in total. The standard InChI is InChI=1S/C12H15N/c1-6-10(3)8-9-11(4)12(5)13-7-2/h6-9H,1,3-5H2,2H3/b9-8-,13-7-. The Morgan fingerprint density at radius 2 is 1.77 bits per heavy atom. The Labute approximate surface area is 80.2 Å². The molecule has 0 spiro atoms. The van der Waals surface area contributed by atoms with Gasteiger partial charge in [-0.25, -0.2) is 0 Å². The quantitative estimate of drug-likeness (QED) is 0.446. The van der Waals surface area contributed by atoms with Crippen LogP contribution in [0.5, 0.6) is 0 Å². The van der Waals surface area contributed by atoms with Crippen LogP contribution in [0, 0.1) is 0 Å². The van der Waals surface area contributed by atoms with E-state index < -0.39 is 0 Å². The van der Waals surface area contributed by atoms with Gasteiger partial charge in [0.1, 0.15) is 0 Å². The van der Waals surface area contributed by atoms with Crippen molar-refractivity contribution in [3.8, 4) is 0 Å². The van der Waals surface area contributed by atoms with Crippen LogP contribution in [0.4, 0.5) is 0 Å². The van der Waals surface area contributed by atoms with Crippen molar-refractivity contribution in [1.82, 2.24) is 0 Å². The lowest BCUT2D eigenvalue weighted by atomic mass is 10.2. The molecule has 0 aliphatic carbocycles. The van der Waals surface area contributed by atoms with Gasteiger partial charge in [0, 0.05) is 6.21 Å². The minimum atomic E-state index is 0.663. The topological polar surface area (TPSA) is 12.4 Å². The minimum Gasteiger partial charge on any atom is -0.262 e. The number of allylic oxidation sites excluding steroid dienone is 4. The molecule has 68 valence electrons. The van der Waals surface area contributed by atoms with Crippen LogP contribution in [-0.4, -0.2) is 6.21 Å². The summed E-state index contributed by atoms with van der Waals surface area (Å²) in [4.78, 5) is 4.00. The summed E-state index contributed by atoms with van der Waals surface area (Å²) in [6.07, 6.45) is 7.00. The molecule has 0 saturated heterocycles. The molecule has 0 aromatic carbocycles. The molecule has 0 rings (SSSR count). The summed E-state index contributed by atoms with van der Waals surface area (Å²) in [5.41, 5.74) is 2.28. The third-order valence-corrected chi connectivity index (χ3v) is 1.42. The maximum atomic E-state index is 4.00. The molecule has 0 unspecified atom stereocenters. The van der Waals surface area contributed by atoms with Crippen LogP contribution in [0.1, 0.15) is 6.92 Å². The summed E-state index contributed by atoms with van der Waals surface area (Å²) in [5, 5.41) is 0.